The highest BCUT2D eigenvalue weighted by Gasteiger charge is 2.17. The molecule has 0 aliphatic carbocycles. The summed E-state index contributed by atoms with van der Waals surface area (Å²) in [6, 6.07) is 11.3. The van der Waals surface area contributed by atoms with Crippen molar-refractivity contribution in [2.45, 2.75) is 5.25 Å². The Labute approximate surface area is 132 Å². The van der Waals surface area contributed by atoms with Gasteiger partial charge in [-0.3, -0.25) is 0 Å². The van der Waals surface area contributed by atoms with Crippen molar-refractivity contribution in [1.29, 1.82) is 0 Å². The number of thiol groups is 1. The Bertz CT molecular complexity index is 752. The van der Waals surface area contributed by atoms with Crippen LogP contribution in [0, 0.1) is 0 Å². The lowest BCUT2D eigenvalue weighted by Gasteiger charge is -2.10. The van der Waals surface area contributed by atoms with Gasteiger partial charge in [0.05, 0.1) is 0 Å². The van der Waals surface area contributed by atoms with Crippen LogP contribution in [0.4, 0.5) is 17.6 Å². The molecule has 1 aromatic carbocycles. The molecule has 22 heavy (non-hydrogen) atoms. The number of anilines is 3. The molecule has 0 saturated carbocycles. The lowest BCUT2D eigenvalue weighted by Crippen LogP contribution is -2.10. The van der Waals surface area contributed by atoms with Crippen molar-refractivity contribution in [3.8, 4) is 0 Å². The van der Waals surface area contributed by atoms with Crippen LogP contribution in [-0.2, 0) is 0 Å². The average molecular weight is 311 g/mol. The second-order valence-corrected chi connectivity index (χ2v) is 4.89. The number of aromatic nitrogens is 5. The van der Waals surface area contributed by atoms with Crippen molar-refractivity contribution < 1.29 is 0 Å². The number of hydrogen-bond donors (Lipinski definition) is 3. The van der Waals surface area contributed by atoms with E-state index in [1.807, 2.05) is 30.3 Å². The van der Waals surface area contributed by atoms with Crippen LogP contribution < -0.4 is 11.1 Å². The van der Waals surface area contributed by atoms with Crippen LogP contribution in [-0.4, -0.2) is 24.9 Å². The van der Waals surface area contributed by atoms with E-state index in [0.717, 1.165) is 5.69 Å². The van der Waals surface area contributed by atoms with Gasteiger partial charge < -0.3 is 11.1 Å². The van der Waals surface area contributed by atoms with Crippen LogP contribution >= 0.6 is 12.6 Å². The molecule has 3 rings (SSSR count). The molecule has 0 aliphatic heterocycles. The summed E-state index contributed by atoms with van der Waals surface area (Å²) in [4.78, 5) is 20.8. The monoisotopic (exact) mass is 311 g/mol. The summed E-state index contributed by atoms with van der Waals surface area (Å²) in [6.45, 7) is 0. The topological polar surface area (TPSA) is 102 Å². The maximum atomic E-state index is 5.75. The highest BCUT2D eigenvalue weighted by molar-refractivity contribution is 7.80. The molecule has 2 aromatic heterocycles. The van der Waals surface area contributed by atoms with Gasteiger partial charge in [-0.1, -0.05) is 18.2 Å². The molecule has 0 saturated heterocycles. The molecule has 0 spiro atoms. The number of nitrogen functional groups attached to an aromatic ring is 1. The van der Waals surface area contributed by atoms with Gasteiger partial charge in [0.2, 0.25) is 11.9 Å². The molecular weight excluding hydrogens is 298 g/mol. The zero-order valence-electron chi connectivity index (χ0n) is 11.5. The molecule has 7 nitrogen and oxygen atoms in total. The summed E-state index contributed by atoms with van der Waals surface area (Å²) in [5, 5.41) is 2.59. The molecule has 0 amide bonds. The van der Waals surface area contributed by atoms with E-state index in [9.17, 15) is 0 Å². The highest BCUT2D eigenvalue weighted by Crippen LogP contribution is 2.23. The first-order chi connectivity index (χ1) is 10.7. The van der Waals surface area contributed by atoms with Crippen molar-refractivity contribution >= 4 is 30.2 Å². The Morgan fingerprint density at radius 1 is 0.909 bits per heavy atom. The van der Waals surface area contributed by atoms with E-state index in [0.29, 0.717) is 17.6 Å². The Kier molecular flexibility index (Phi) is 4.10. The van der Waals surface area contributed by atoms with Gasteiger partial charge in [0.25, 0.3) is 0 Å². The molecule has 0 radical (unpaired) electrons. The second-order valence-electron chi connectivity index (χ2n) is 4.38. The molecule has 1 unspecified atom stereocenters. The van der Waals surface area contributed by atoms with E-state index in [1.54, 1.807) is 18.5 Å². The number of nitrogens with one attached hydrogen (secondary N) is 1. The second kappa shape index (κ2) is 6.35. The molecule has 8 heteroatoms. The first-order valence-electron chi connectivity index (χ1n) is 6.51. The van der Waals surface area contributed by atoms with E-state index >= 15 is 0 Å². The maximum Gasteiger partial charge on any atom is 0.232 e. The van der Waals surface area contributed by atoms with Crippen molar-refractivity contribution in [2.24, 2.45) is 0 Å². The number of rotatable bonds is 4. The summed E-state index contributed by atoms with van der Waals surface area (Å²) < 4.78 is 0. The summed E-state index contributed by atoms with van der Waals surface area (Å²) in [5.74, 6) is 1.35. The van der Waals surface area contributed by atoms with E-state index in [-0.39, 0.29) is 5.95 Å². The number of nitrogens with zero attached hydrogens (tertiary/aromatic N) is 5. The molecule has 0 bridgehead atoms. The zero-order chi connectivity index (χ0) is 15.4. The minimum Gasteiger partial charge on any atom is -0.368 e. The van der Waals surface area contributed by atoms with E-state index in [1.165, 1.54) is 0 Å². The minimum absolute atomic E-state index is 0.110. The summed E-state index contributed by atoms with van der Waals surface area (Å²) in [5.41, 5.74) is 6.60. The molecule has 0 aliphatic rings. The number of hydrogen-bond acceptors (Lipinski definition) is 8. The molecule has 3 N–H and O–H groups in total. The van der Waals surface area contributed by atoms with E-state index in [4.69, 9.17) is 5.73 Å². The van der Waals surface area contributed by atoms with Gasteiger partial charge in [-0.25, -0.2) is 9.97 Å². The fourth-order valence-electron chi connectivity index (χ4n) is 1.81. The van der Waals surface area contributed by atoms with Gasteiger partial charge in [-0.2, -0.15) is 27.6 Å². The van der Waals surface area contributed by atoms with Gasteiger partial charge in [0.1, 0.15) is 11.1 Å². The fraction of sp³-hybridized carbons (Fsp3) is 0.0714. The molecule has 2 heterocycles. The molecule has 0 fully saturated rings. The molecule has 110 valence electrons. The van der Waals surface area contributed by atoms with Crippen LogP contribution in [0.25, 0.3) is 0 Å². The molecule has 1 atom stereocenters. The standard InChI is InChI=1S/C14H13N7S/c15-13-19-12(10(22)11-16-7-4-8-17-11)20-14(21-13)18-9-5-2-1-3-6-9/h1-8,10,22H,(H3,15,18,19,20,21). The Morgan fingerprint density at radius 3 is 2.36 bits per heavy atom. The summed E-state index contributed by atoms with van der Waals surface area (Å²) >= 11 is 4.47. The highest BCUT2D eigenvalue weighted by atomic mass is 32.1. The number of para-hydroxylation sites is 1. The first kappa shape index (κ1) is 14.2. The van der Waals surface area contributed by atoms with Gasteiger partial charge in [0.15, 0.2) is 5.82 Å². The Morgan fingerprint density at radius 2 is 1.64 bits per heavy atom. The van der Waals surface area contributed by atoms with Crippen molar-refractivity contribution in [3.63, 3.8) is 0 Å². The maximum absolute atomic E-state index is 5.75. The van der Waals surface area contributed by atoms with Crippen molar-refractivity contribution in [1.82, 2.24) is 24.9 Å². The SMILES string of the molecule is Nc1nc(Nc2ccccc2)nc(C(S)c2ncccn2)n1. The zero-order valence-corrected chi connectivity index (χ0v) is 12.4. The van der Waals surface area contributed by atoms with Crippen molar-refractivity contribution in [2.75, 3.05) is 11.1 Å². The van der Waals surface area contributed by atoms with Crippen LogP contribution in [0.5, 0.6) is 0 Å². The number of nitrogens with two attached hydrogens (primary N) is 1. The van der Waals surface area contributed by atoms with Gasteiger partial charge in [-0.15, -0.1) is 0 Å². The number of benzene rings is 1. The lowest BCUT2D eigenvalue weighted by molar-refractivity contribution is 0.863. The third-order valence-electron chi connectivity index (χ3n) is 2.77. The minimum atomic E-state index is -0.483. The third-order valence-corrected chi connectivity index (χ3v) is 3.24. The Hall–Kier alpha value is -2.74. The van der Waals surface area contributed by atoms with E-state index in [2.05, 4.69) is 42.9 Å². The summed E-state index contributed by atoms with van der Waals surface area (Å²) in [7, 11) is 0. The van der Waals surface area contributed by atoms with Crippen LogP contribution in [0.2, 0.25) is 0 Å². The smallest absolute Gasteiger partial charge is 0.232 e. The molecule has 3 aromatic rings. The third kappa shape index (κ3) is 3.29. The van der Waals surface area contributed by atoms with Crippen LogP contribution in [0.15, 0.2) is 48.8 Å². The Balaban J connectivity index is 1.90. The van der Waals surface area contributed by atoms with Crippen LogP contribution in [0.1, 0.15) is 16.9 Å². The van der Waals surface area contributed by atoms with Crippen molar-refractivity contribution in [3.05, 3.63) is 60.4 Å². The van der Waals surface area contributed by atoms with E-state index < -0.39 is 5.25 Å². The normalized spacial score (nSPS) is 11.9. The predicted molar refractivity (Wildman–Crippen MR) is 86.8 cm³/mol. The quantitative estimate of drug-likeness (QED) is 0.633. The average Bonchev–Trinajstić information content (AvgIpc) is 2.55. The first-order valence-corrected chi connectivity index (χ1v) is 7.02. The van der Waals surface area contributed by atoms with Gasteiger partial charge in [-0.05, 0) is 18.2 Å². The molecular formula is C14H13N7S. The van der Waals surface area contributed by atoms with Gasteiger partial charge >= 0.3 is 0 Å². The lowest BCUT2D eigenvalue weighted by atomic mass is 10.3. The van der Waals surface area contributed by atoms with Gasteiger partial charge in [0, 0.05) is 18.1 Å². The predicted octanol–water partition coefficient (Wildman–Crippen LogP) is 2.01. The largest absolute Gasteiger partial charge is 0.368 e. The summed E-state index contributed by atoms with van der Waals surface area (Å²) in [6.07, 6.45) is 3.28. The van der Waals surface area contributed by atoms with Crippen LogP contribution in [0.3, 0.4) is 0 Å². The fourth-order valence-corrected chi connectivity index (χ4v) is 2.05.